The first-order chi connectivity index (χ1) is 49.2. The van der Waals surface area contributed by atoms with Gasteiger partial charge in [-0.3, -0.25) is 0 Å². The smallest absolute Gasteiger partial charge is 0.0945 e. The maximum absolute atomic E-state index is 11.0. The number of rotatable bonds is 10. The Morgan fingerprint density at radius 1 is 0.392 bits per heavy atom. The predicted molar refractivity (Wildman–Crippen MR) is 455 cm³/mol. The first-order valence-corrected chi connectivity index (χ1v) is 41.4. The molecule has 8 saturated carbocycles. The molecule has 0 radical (unpaired) electrons. The number of alkyl halides is 1. The average molecular weight is 1400 g/mol. The molecule has 0 N–H and O–H groups in total. The summed E-state index contributed by atoms with van der Waals surface area (Å²) in [5.74, 6) is 13.4. The van der Waals surface area contributed by atoms with Crippen molar-refractivity contribution in [1.29, 1.82) is 0 Å². The summed E-state index contributed by atoms with van der Waals surface area (Å²) in [5.41, 5.74) is 23.7. The lowest BCUT2D eigenvalue weighted by Crippen LogP contribution is -2.51. The van der Waals surface area contributed by atoms with Crippen LogP contribution in [0.1, 0.15) is 392 Å². The molecule has 6 aromatic carbocycles. The number of hydrogen-bond acceptors (Lipinski definition) is 0. The summed E-state index contributed by atoms with van der Waals surface area (Å²) >= 11 is 0. The highest BCUT2D eigenvalue weighted by atomic mass is 19.1. The quantitative estimate of drug-likeness (QED) is 0.128. The van der Waals surface area contributed by atoms with Crippen molar-refractivity contribution in [3.63, 3.8) is 0 Å². The average Bonchev–Trinajstić information content (AvgIpc) is 0.744. The molecule has 102 heavy (non-hydrogen) atoms. The fourth-order valence-corrected chi connectivity index (χ4v) is 20.1. The van der Waals surface area contributed by atoms with Crippen LogP contribution < -0.4 is 0 Å². The van der Waals surface area contributed by atoms with E-state index >= 15 is 0 Å². The van der Waals surface area contributed by atoms with Gasteiger partial charge in [0, 0.05) is 0 Å². The molecule has 0 nitrogen and oxygen atoms in total. The van der Waals surface area contributed by atoms with Crippen molar-refractivity contribution in [2.24, 2.45) is 63.6 Å². The van der Waals surface area contributed by atoms with Crippen molar-refractivity contribution in [1.82, 2.24) is 0 Å². The van der Waals surface area contributed by atoms with Gasteiger partial charge in [-0.05, 0) is 328 Å². The summed E-state index contributed by atoms with van der Waals surface area (Å²) < 4.78 is 41.6. The lowest BCUT2D eigenvalue weighted by Gasteiger charge is -2.62. The van der Waals surface area contributed by atoms with Crippen LogP contribution in [0.25, 0.3) is 0 Å². The van der Waals surface area contributed by atoms with Crippen LogP contribution in [0.15, 0.2) is 121 Å². The molecule has 0 aliphatic heterocycles. The van der Waals surface area contributed by atoms with Gasteiger partial charge in [0.2, 0.25) is 0 Å². The maximum atomic E-state index is 11.0. The molecule has 0 unspecified atom stereocenters. The van der Waals surface area contributed by atoms with Gasteiger partial charge in [0.05, 0.1) is 11.7 Å². The van der Waals surface area contributed by atoms with Gasteiger partial charge in [0.25, 0.3) is 0 Å². The van der Waals surface area contributed by atoms with Crippen molar-refractivity contribution in [2.45, 2.75) is 359 Å². The van der Waals surface area contributed by atoms with Gasteiger partial charge in [-0.25, -0.2) is 4.39 Å². The molecule has 1 heteroatoms. The van der Waals surface area contributed by atoms with Crippen molar-refractivity contribution in [3.8, 4) is 0 Å². The standard InChI is InChI=1S/C15H24.2C14H24.C13H20.C12H18.C11H16.C10H14.C9H12.C3H7F/c1-10(2)13-8-7-9-14(11(3)4)15(13)12(5)6;1-13(2,3)14-7-10-4-11(8-14)6-12(5-10)9-14;1-14(2,3)13-11-5-9-4-10(7-11)8-12(13)6-9;1-5-11-8-7-9-12(6-2)13(11)10(3)4;1-8(2)12-10(4)6-9(3)7-11(12)5;1-8(2)11-9(3)6-5-7-10(11)4;1-8(2)10-6-4-5-9(3)7-10;1-8(2)9-6-4-3-5-7-9;1-3(2)4/h7-12H,1-6H3;10-12H,4-9H2,1-3H3;9-13H,4-8H2,1-3H3;7-10H,5-6H2,1-4H3;6-8H,1-5H3;5-8H,1-4H3;4-8H,1-3H3;3-8H,1-2H3;3H,1-2H3/i;;;;;;4D,5D,6D,7D;;. The van der Waals surface area contributed by atoms with Crippen LogP contribution in [0.4, 0.5) is 4.39 Å². The van der Waals surface area contributed by atoms with Crippen LogP contribution in [-0.4, -0.2) is 6.17 Å². The van der Waals surface area contributed by atoms with Crippen molar-refractivity contribution >= 4 is 0 Å². The van der Waals surface area contributed by atoms with Gasteiger partial charge in [-0.1, -0.05) is 299 Å². The fraction of sp³-hybridized carbons (Fsp3) is 0.644. The molecule has 14 rings (SSSR count). The Morgan fingerprint density at radius 3 is 1.08 bits per heavy atom. The molecule has 570 valence electrons. The summed E-state index contributed by atoms with van der Waals surface area (Å²) in [5, 5.41) is 0. The molecule has 0 atom stereocenters. The molecule has 8 aliphatic carbocycles. The number of hydrogen-bond donors (Lipinski definition) is 0. The molecule has 0 spiro atoms. The van der Waals surface area contributed by atoms with E-state index in [2.05, 4.69) is 278 Å². The monoisotopic (exact) mass is 1400 g/mol. The Labute approximate surface area is 638 Å². The topological polar surface area (TPSA) is 0 Å². The highest BCUT2D eigenvalue weighted by Gasteiger charge is 2.55. The minimum absolute atomic E-state index is 0.00407. The molecule has 0 aromatic heterocycles. The summed E-state index contributed by atoms with van der Waals surface area (Å²) in [6, 6.07) is 35.2. The van der Waals surface area contributed by atoms with Crippen molar-refractivity contribution in [2.75, 3.05) is 0 Å². The largest absolute Gasteiger partial charge is 0.248 e. The lowest BCUT2D eigenvalue weighted by molar-refractivity contribution is -0.113. The molecule has 0 amide bonds. The van der Waals surface area contributed by atoms with Gasteiger partial charge in [-0.2, -0.15) is 0 Å². The van der Waals surface area contributed by atoms with Gasteiger partial charge in [0.15, 0.2) is 0 Å². The molecule has 8 aliphatic rings. The molecule has 8 bridgehead atoms. The second-order valence-corrected chi connectivity index (χ2v) is 37.6. The Hall–Kier alpha value is -4.75. The van der Waals surface area contributed by atoms with E-state index in [9.17, 15) is 4.39 Å². The van der Waals surface area contributed by atoms with Crippen LogP contribution in [0, 0.1) is 105 Å². The van der Waals surface area contributed by atoms with Crippen molar-refractivity contribution < 1.29 is 9.87 Å². The Bertz CT molecular complexity index is 3410. The first-order valence-electron chi connectivity index (χ1n) is 43.4. The van der Waals surface area contributed by atoms with Crippen LogP contribution in [0.2, 0.25) is 0 Å². The molecular weight excluding hydrogens is 1230 g/mol. The second kappa shape index (κ2) is 41.4. The van der Waals surface area contributed by atoms with Crippen LogP contribution in [0.3, 0.4) is 0 Å². The fourth-order valence-electron chi connectivity index (χ4n) is 20.1. The van der Waals surface area contributed by atoms with Crippen LogP contribution in [-0.2, 0) is 12.8 Å². The SMILES string of the molecule is CC(C)(C)C12CC3CC(CC(C3)C1)C2.CC(C)(C)C1C2CC3CC(C2)CC1C3.CC(C)F.CC(C)c1cccc(C(C)C)c1C(C)C.CC(C)c1ccccc1.CCc1cccc(CC)c1C(C)C.Cc1cc(C)c(C(C)C)c(C)c1.Cc1cccc(C)c1C(C)C.[2H]c1c([2H])c(C)c([2H])c(C(C)C)c1[2H]. The minimum Gasteiger partial charge on any atom is -0.248 e. The third-order valence-electron chi connectivity index (χ3n) is 23.7. The molecule has 0 heterocycles. The summed E-state index contributed by atoms with van der Waals surface area (Å²) in [4.78, 5) is 0. The Morgan fingerprint density at radius 2 is 0.755 bits per heavy atom. The number of halogens is 1. The van der Waals surface area contributed by atoms with E-state index in [0.29, 0.717) is 63.4 Å². The zero-order valence-electron chi connectivity index (χ0n) is 76.1. The lowest BCUT2D eigenvalue weighted by atomic mass is 9.43. The van der Waals surface area contributed by atoms with Crippen LogP contribution in [0.5, 0.6) is 0 Å². The highest BCUT2D eigenvalue weighted by Crippen LogP contribution is 2.66. The minimum atomic E-state index is -0.667. The van der Waals surface area contributed by atoms with E-state index in [1.807, 2.05) is 19.9 Å². The van der Waals surface area contributed by atoms with E-state index in [1.54, 1.807) is 88.7 Å². The summed E-state index contributed by atoms with van der Waals surface area (Å²) in [6.45, 7) is 70.4. The first kappa shape index (κ1) is 82.9. The maximum Gasteiger partial charge on any atom is 0.0945 e. The van der Waals surface area contributed by atoms with Crippen LogP contribution >= 0.6 is 0 Å². The van der Waals surface area contributed by atoms with E-state index < -0.39 is 6.17 Å². The van der Waals surface area contributed by atoms with E-state index in [0.717, 1.165) is 65.6 Å². The molecular formula is C101H159F. The van der Waals surface area contributed by atoms with E-state index in [1.165, 1.54) is 80.6 Å². The van der Waals surface area contributed by atoms with E-state index in [-0.39, 0.29) is 30.1 Å². The number of benzene rings is 6. The Kier molecular flexibility index (Phi) is 33.6. The van der Waals surface area contributed by atoms with Crippen molar-refractivity contribution in [3.05, 3.63) is 210 Å². The normalized spacial score (nSPS) is 22.4. The summed E-state index contributed by atoms with van der Waals surface area (Å²) in [7, 11) is 0. The van der Waals surface area contributed by atoms with E-state index in [4.69, 9.17) is 5.48 Å². The highest BCUT2D eigenvalue weighted by molar-refractivity contribution is 5.42. The van der Waals surface area contributed by atoms with Gasteiger partial charge < -0.3 is 0 Å². The third-order valence-corrected chi connectivity index (χ3v) is 23.7. The molecule has 6 aromatic rings. The van der Waals surface area contributed by atoms with Gasteiger partial charge in [0.1, 0.15) is 0 Å². The zero-order valence-corrected chi connectivity index (χ0v) is 72.1. The number of aryl methyl sites for hydroxylation is 7. The molecule has 0 saturated heterocycles. The Balaban J connectivity index is 0.000000255. The second-order valence-electron chi connectivity index (χ2n) is 37.6. The third kappa shape index (κ3) is 26.9. The zero-order chi connectivity index (χ0) is 80.4. The predicted octanol–water partition coefficient (Wildman–Crippen LogP) is 31.8. The van der Waals surface area contributed by atoms with Gasteiger partial charge >= 0.3 is 0 Å². The van der Waals surface area contributed by atoms with Gasteiger partial charge in [-0.15, -0.1) is 0 Å². The molecule has 8 fully saturated rings. The summed E-state index contributed by atoms with van der Waals surface area (Å²) in [6.07, 6.45) is 19.0.